The van der Waals surface area contributed by atoms with Gasteiger partial charge in [-0.1, -0.05) is 42.5 Å². The Kier molecular flexibility index (Phi) is 3.65. The van der Waals surface area contributed by atoms with E-state index in [2.05, 4.69) is 0 Å². The lowest BCUT2D eigenvalue weighted by molar-refractivity contribution is 0.0597. The molecule has 0 radical (unpaired) electrons. The molecule has 2 aromatic heterocycles. The van der Waals surface area contributed by atoms with Crippen LogP contribution in [0.25, 0.3) is 16.8 Å². The van der Waals surface area contributed by atoms with E-state index in [0.717, 1.165) is 6.07 Å². The molecule has 0 atom stereocenters. The quantitative estimate of drug-likeness (QED) is 0.420. The van der Waals surface area contributed by atoms with Crippen molar-refractivity contribution in [2.45, 2.75) is 0 Å². The summed E-state index contributed by atoms with van der Waals surface area (Å²) in [6, 6.07) is 16.5. The maximum absolute atomic E-state index is 13.1. The van der Waals surface area contributed by atoms with Gasteiger partial charge in [0.15, 0.2) is 11.4 Å². The van der Waals surface area contributed by atoms with E-state index in [0.29, 0.717) is 16.7 Å². The highest BCUT2D eigenvalue weighted by Gasteiger charge is 2.27. The zero-order valence-corrected chi connectivity index (χ0v) is 13.8. The summed E-state index contributed by atoms with van der Waals surface area (Å²) in [7, 11) is 1.19. The van der Waals surface area contributed by atoms with Gasteiger partial charge in [0.25, 0.3) is 5.56 Å². The van der Waals surface area contributed by atoms with Crippen molar-refractivity contribution in [2.24, 2.45) is 0 Å². The molecule has 26 heavy (non-hydrogen) atoms. The summed E-state index contributed by atoms with van der Waals surface area (Å²) in [5, 5.41) is 0. The Hall–Kier alpha value is -3.67. The van der Waals surface area contributed by atoms with Crippen LogP contribution >= 0.6 is 0 Å². The summed E-state index contributed by atoms with van der Waals surface area (Å²) in [4.78, 5) is 37.9. The SMILES string of the molecule is COC(=O)c1cc(=O)n2c(oc3ccccc32)c1C(=O)c1ccccc1. The number of oxazole rings is 1. The van der Waals surface area contributed by atoms with Gasteiger partial charge >= 0.3 is 5.97 Å². The third-order valence-corrected chi connectivity index (χ3v) is 4.16. The number of ketones is 1. The number of rotatable bonds is 3. The minimum Gasteiger partial charge on any atom is -0.465 e. The number of aromatic nitrogens is 1. The van der Waals surface area contributed by atoms with Crippen molar-refractivity contribution in [3.05, 3.63) is 87.7 Å². The van der Waals surface area contributed by atoms with Gasteiger partial charge in [-0.05, 0) is 12.1 Å². The monoisotopic (exact) mass is 347 g/mol. The minimum absolute atomic E-state index is 0.00106. The molecule has 2 aromatic carbocycles. The molecule has 0 bridgehead atoms. The number of hydrogen-bond donors (Lipinski definition) is 0. The molecule has 0 N–H and O–H groups in total. The average Bonchev–Trinajstić information content (AvgIpc) is 3.07. The summed E-state index contributed by atoms with van der Waals surface area (Å²) >= 11 is 0. The zero-order chi connectivity index (χ0) is 18.3. The number of ether oxygens (including phenoxy) is 1. The van der Waals surface area contributed by atoms with Crippen LogP contribution in [0.15, 0.2) is 69.9 Å². The number of esters is 1. The molecule has 0 aliphatic rings. The number of hydrogen-bond acceptors (Lipinski definition) is 5. The number of para-hydroxylation sites is 2. The van der Waals surface area contributed by atoms with Crippen LogP contribution in [0, 0.1) is 0 Å². The molecule has 128 valence electrons. The standard InChI is InChI=1S/C20H13NO5/c1-25-20(24)13-11-16(22)21-14-9-5-6-10-15(14)26-19(21)17(13)18(23)12-7-3-2-4-8-12/h2-11H,1H3. The van der Waals surface area contributed by atoms with Crippen LogP contribution < -0.4 is 5.56 Å². The van der Waals surface area contributed by atoms with Gasteiger partial charge in [-0.15, -0.1) is 0 Å². The maximum Gasteiger partial charge on any atom is 0.339 e. The second-order valence-electron chi connectivity index (χ2n) is 5.67. The van der Waals surface area contributed by atoms with E-state index in [4.69, 9.17) is 9.15 Å². The van der Waals surface area contributed by atoms with E-state index < -0.39 is 17.3 Å². The lowest BCUT2D eigenvalue weighted by Gasteiger charge is -2.08. The number of methoxy groups -OCH3 is 1. The van der Waals surface area contributed by atoms with Gasteiger partial charge in [-0.2, -0.15) is 0 Å². The highest BCUT2D eigenvalue weighted by atomic mass is 16.5. The molecule has 4 aromatic rings. The van der Waals surface area contributed by atoms with Crippen LogP contribution in [0.4, 0.5) is 0 Å². The summed E-state index contributed by atoms with van der Waals surface area (Å²) in [5.74, 6) is -1.20. The van der Waals surface area contributed by atoms with Crippen molar-refractivity contribution >= 4 is 28.6 Å². The normalized spacial score (nSPS) is 11.0. The molecule has 0 amide bonds. The zero-order valence-electron chi connectivity index (χ0n) is 13.8. The predicted molar refractivity (Wildman–Crippen MR) is 94.7 cm³/mol. The number of carbonyl (C=O) groups excluding carboxylic acids is 2. The van der Waals surface area contributed by atoms with Crippen LogP contribution in [0.3, 0.4) is 0 Å². The summed E-state index contributed by atoms with van der Waals surface area (Å²) in [5.41, 5.74) is 0.755. The fraction of sp³-hybridized carbons (Fsp3) is 0.0500. The Morgan fingerprint density at radius 3 is 2.42 bits per heavy atom. The average molecular weight is 347 g/mol. The second-order valence-corrected chi connectivity index (χ2v) is 5.67. The summed E-state index contributed by atoms with van der Waals surface area (Å²) < 4.78 is 11.8. The largest absolute Gasteiger partial charge is 0.465 e. The Labute approximate surface area is 147 Å². The van der Waals surface area contributed by atoms with Crippen LogP contribution in [-0.4, -0.2) is 23.3 Å². The molecule has 0 aliphatic carbocycles. The molecule has 4 rings (SSSR count). The van der Waals surface area contributed by atoms with E-state index in [1.165, 1.54) is 11.5 Å². The van der Waals surface area contributed by atoms with Crippen molar-refractivity contribution in [3.63, 3.8) is 0 Å². The number of nitrogens with zero attached hydrogens (tertiary/aromatic N) is 1. The van der Waals surface area contributed by atoms with Crippen molar-refractivity contribution in [1.82, 2.24) is 4.40 Å². The van der Waals surface area contributed by atoms with E-state index in [9.17, 15) is 14.4 Å². The highest BCUT2D eigenvalue weighted by Crippen LogP contribution is 2.26. The first-order valence-electron chi connectivity index (χ1n) is 7.87. The van der Waals surface area contributed by atoms with E-state index in [-0.39, 0.29) is 16.8 Å². The molecule has 0 fully saturated rings. The molecule has 0 spiro atoms. The van der Waals surface area contributed by atoms with E-state index in [1.54, 1.807) is 54.6 Å². The van der Waals surface area contributed by atoms with E-state index in [1.807, 2.05) is 0 Å². The number of benzene rings is 2. The number of fused-ring (bicyclic) bond motifs is 3. The van der Waals surface area contributed by atoms with Gasteiger partial charge in [0, 0.05) is 11.6 Å². The molecule has 6 heteroatoms. The highest BCUT2D eigenvalue weighted by molar-refractivity contribution is 6.18. The topological polar surface area (TPSA) is 78.0 Å². The Morgan fingerprint density at radius 2 is 1.69 bits per heavy atom. The Morgan fingerprint density at radius 1 is 1.00 bits per heavy atom. The van der Waals surface area contributed by atoms with Gasteiger partial charge in [-0.25, -0.2) is 9.20 Å². The molecule has 0 saturated carbocycles. The van der Waals surface area contributed by atoms with Crippen LogP contribution in [0.2, 0.25) is 0 Å². The summed E-state index contributed by atoms with van der Waals surface area (Å²) in [6.07, 6.45) is 0. The van der Waals surface area contributed by atoms with Crippen LogP contribution in [0.5, 0.6) is 0 Å². The fourth-order valence-electron chi connectivity index (χ4n) is 2.97. The smallest absolute Gasteiger partial charge is 0.339 e. The predicted octanol–water partition coefficient (Wildman–Crippen LogP) is 3.06. The molecule has 0 aliphatic heterocycles. The molecule has 2 heterocycles. The lowest BCUT2D eigenvalue weighted by atomic mass is 10.00. The van der Waals surface area contributed by atoms with E-state index >= 15 is 0 Å². The number of carbonyl (C=O) groups is 2. The van der Waals surface area contributed by atoms with Crippen LogP contribution in [0.1, 0.15) is 26.3 Å². The molecular formula is C20H13NO5. The first-order valence-corrected chi connectivity index (χ1v) is 7.87. The first kappa shape index (κ1) is 15.8. The van der Waals surface area contributed by atoms with Crippen LogP contribution in [-0.2, 0) is 4.74 Å². The minimum atomic E-state index is -0.774. The Balaban J connectivity index is 2.14. The van der Waals surface area contributed by atoms with Crippen molar-refractivity contribution in [1.29, 1.82) is 0 Å². The lowest BCUT2D eigenvalue weighted by Crippen LogP contribution is -2.21. The molecular weight excluding hydrogens is 334 g/mol. The van der Waals surface area contributed by atoms with Gasteiger partial charge in [-0.3, -0.25) is 9.59 Å². The van der Waals surface area contributed by atoms with Crippen molar-refractivity contribution < 1.29 is 18.7 Å². The van der Waals surface area contributed by atoms with Gasteiger partial charge in [0.2, 0.25) is 5.71 Å². The van der Waals surface area contributed by atoms with Gasteiger partial charge < -0.3 is 9.15 Å². The molecule has 6 nitrogen and oxygen atoms in total. The first-order chi connectivity index (χ1) is 12.6. The second kappa shape index (κ2) is 6.00. The maximum atomic E-state index is 13.1. The molecule has 0 unspecified atom stereocenters. The fourth-order valence-corrected chi connectivity index (χ4v) is 2.97. The van der Waals surface area contributed by atoms with Gasteiger partial charge in [0.05, 0.1) is 23.8 Å². The Bertz CT molecular complexity index is 1220. The third-order valence-electron chi connectivity index (χ3n) is 4.16. The summed E-state index contributed by atoms with van der Waals surface area (Å²) in [6.45, 7) is 0. The molecule has 0 saturated heterocycles. The third kappa shape index (κ3) is 2.31. The number of pyridine rings is 1. The van der Waals surface area contributed by atoms with Crippen molar-refractivity contribution in [2.75, 3.05) is 7.11 Å². The van der Waals surface area contributed by atoms with Crippen molar-refractivity contribution in [3.8, 4) is 0 Å². The van der Waals surface area contributed by atoms with Gasteiger partial charge in [0.1, 0.15) is 0 Å².